The van der Waals surface area contributed by atoms with Crippen molar-refractivity contribution in [1.82, 2.24) is 15.1 Å². The van der Waals surface area contributed by atoms with E-state index in [0.717, 1.165) is 25.8 Å². The summed E-state index contributed by atoms with van der Waals surface area (Å²) in [5.41, 5.74) is 0. The van der Waals surface area contributed by atoms with E-state index in [9.17, 15) is 9.90 Å². The molecule has 2 rings (SSSR count). The van der Waals surface area contributed by atoms with Crippen molar-refractivity contribution in [2.24, 2.45) is 5.92 Å². The predicted octanol–water partition coefficient (Wildman–Crippen LogP) is 1.66. The first kappa shape index (κ1) is 16.6. The third-order valence-corrected chi connectivity index (χ3v) is 5.16. The van der Waals surface area contributed by atoms with E-state index in [4.69, 9.17) is 0 Å². The number of carbonyl (C=O) groups is 1. The van der Waals surface area contributed by atoms with E-state index in [1.807, 2.05) is 7.05 Å². The molecule has 21 heavy (non-hydrogen) atoms. The lowest BCUT2D eigenvalue weighted by molar-refractivity contribution is 0.113. The van der Waals surface area contributed by atoms with E-state index < -0.39 is 0 Å². The van der Waals surface area contributed by atoms with Gasteiger partial charge in [0.25, 0.3) is 0 Å². The molecule has 0 aromatic heterocycles. The number of carbonyl (C=O) groups excluding carboxylic acids is 1. The number of nitrogens with one attached hydrogen (secondary N) is 1. The van der Waals surface area contributed by atoms with Crippen molar-refractivity contribution >= 4 is 6.03 Å². The number of aliphatic hydroxyl groups is 1. The highest BCUT2D eigenvalue weighted by Crippen LogP contribution is 2.26. The molecule has 122 valence electrons. The lowest BCUT2D eigenvalue weighted by Gasteiger charge is -2.26. The SMILES string of the molecule is CN(CC1CCCC1O)C(=O)NCCN(C)C1CCCC1. The number of hydrogen-bond donors (Lipinski definition) is 2. The largest absolute Gasteiger partial charge is 0.393 e. The smallest absolute Gasteiger partial charge is 0.317 e. The molecule has 2 N–H and O–H groups in total. The Hall–Kier alpha value is -0.810. The zero-order valence-corrected chi connectivity index (χ0v) is 13.6. The molecule has 2 amide bonds. The molecule has 2 atom stereocenters. The summed E-state index contributed by atoms with van der Waals surface area (Å²) in [7, 11) is 3.97. The third kappa shape index (κ3) is 4.85. The summed E-state index contributed by atoms with van der Waals surface area (Å²) in [5.74, 6) is 0.252. The van der Waals surface area contributed by atoms with Crippen LogP contribution in [0.2, 0.25) is 0 Å². The standard InChI is InChI=1S/C16H31N3O2/c1-18(14-7-3-4-8-14)11-10-17-16(21)19(2)12-13-6-5-9-15(13)20/h13-15,20H,3-12H2,1-2H3,(H,17,21). The second-order valence-electron chi connectivity index (χ2n) is 6.79. The van der Waals surface area contributed by atoms with Gasteiger partial charge in [-0.2, -0.15) is 0 Å². The van der Waals surface area contributed by atoms with Crippen LogP contribution in [-0.2, 0) is 0 Å². The van der Waals surface area contributed by atoms with Crippen LogP contribution in [0.15, 0.2) is 0 Å². The number of nitrogens with zero attached hydrogens (tertiary/aromatic N) is 2. The van der Waals surface area contributed by atoms with Crippen LogP contribution in [0.4, 0.5) is 4.79 Å². The van der Waals surface area contributed by atoms with Crippen LogP contribution in [0.1, 0.15) is 44.9 Å². The van der Waals surface area contributed by atoms with Gasteiger partial charge in [0, 0.05) is 38.6 Å². The number of urea groups is 1. The molecule has 5 heteroatoms. The maximum atomic E-state index is 12.1. The summed E-state index contributed by atoms with van der Waals surface area (Å²) in [5, 5.41) is 12.8. The molecule has 0 radical (unpaired) electrons. The monoisotopic (exact) mass is 297 g/mol. The molecule has 5 nitrogen and oxygen atoms in total. The van der Waals surface area contributed by atoms with Crippen LogP contribution in [0.25, 0.3) is 0 Å². The highest BCUT2D eigenvalue weighted by atomic mass is 16.3. The molecule has 0 aliphatic heterocycles. The van der Waals surface area contributed by atoms with Crippen molar-refractivity contribution in [2.75, 3.05) is 33.7 Å². The van der Waals surface area contributed by atoms with Gasteiger partial charge < -0.3 is 20.2 Å². The number of hydrogen-bond acceptors (Lipinski definition) is 3. The minimum Gasteiger partial charge on any atom is -0.393 e. The van der Waals surface area contributed by atoms with Gasteiger partial charge >= 0.3 is 6.03 Å². The number of rotatable bonds is 6. The molecule has 2 unspecified atom stereocenters. The van der Waals surface area contributed by atoms with E-state index in [1.54, 1.807) is 4.90 Å². The minimum atomic E-state index is -0.228. The van der Waals surface area contributed by atoms with Crippen LogP contribution in [-0.4, -0.2) is 66.8 Å². The Morgan fingerprint density at radius 1 is 1.14 bits per heavy atom. The Morgan fingerprint density at radius 2 is 1.86 bits per heavy atom. The van der Waals surface area contributed by atoms with Gasteiger partial charge in [-0.3, -0.25) is 0 Å². The Balaban J connectivity index is 1.61. The van der Waals surface area contributed by atoms with Crippen molar-refractivity contribution in [2.45, 2.75) is 57.1 Å². The van der Waals surface area contributed by atoms with Gasteiger partial charge in [0.05, 0.1) is 6.10 Å². The first-order valence-electron chi connectivity index (χ1n) is 8.45. The van der Waals surface area contributed by atoms with E-state index in [-0.39, 0.29) is 18.1 Å². The van der Waals surface area contributed by atoms with Gasteiger partial charge in [0.15, 0.2) is 0 Å². The van der Waals surface area contributed by atoms with Gasteiger partial charge in [0.1, 0.15) is 0 Å². The average molecular weight is 297 g/mol. The lowest BCUT2D eigenvalue weighted by Crippen LogP contribution is -2.44. The zero-order chi connectivity index (χ0) is 15.2. The number of likely N-dealkylation sites (N-methyl/N-ethyl adjacent to an activating group) is 1. The molecular weight excluding hydrogens is 266 g/mol. The Kier molecular flexibility index (Phi) is 6.30. The quantitative estimate of drug-likeness (QED) is 0.784. The maximum Gasteiger partial charge on any atom is 0.317 e. The maximum absolute atomic E-state index is 12.1. The summed E-state index contributed by atoms with van der Waals surface area (Å²) < 4.78 is 0. The highest BCUT2D eigenvalue weighted by Gasteiger charge is 2.27. The molecule has 0 heterocycles. The van der Waals surface area contributed by atoms with Crippen molar-refractivity contribution in [3.8, 4) is 0 Å². The fourth-order valence-corrected chi connectivity index (χ4v) is 3.67. The fraction of sp³-hybridized carbons (Fsp3) is 0.938. The summed E-state index contributed by atoms with van der Waals surface area (Å²) in [4.78, 5) is 16.1. The summed E-state index contributed by atoms with van der Waals surface area (Å²) >= 11 is 0. The van der Waals surface area contributed by atoms with Crippen LogP contribution < -0.4 is 5.32 Å². The molecule has 0 saturated heterocycles. The van der Waals surface area contributed by atoms with Crippen molar-refractivity contribution in [1.29, 1.82) is 0 Å². The van der Waals surface area contributed by atoms with Gasteiger partial charge in [0.2, 0.25) is 0 Å². The molecular formula is C16H31N3O2. The lowest BCUT2D eigenvalue weighted by atomic mass is 10.1. The van der Waals surface area contributed by atoms with Crippen LogP contribution in [0.5, 0.6) is 0 Å². The molecule has 2 aliphatic carbocycles. The summed E-state index contributed by atoms with van der Waals surface area (Å²) in [6.07, 6.45) is 8.03. The normalized spacial score (nSPS) is 26.5. The number of aliphatic hydroxyl groups excluding tert-OH is 1. The molecule has 2 aliphatic rings. The molecule has 0 aromatic rings. The van der Waals surface area contributed by atoms with Crippen molar-refractivity contribution in [3.05, 3.63) is 0 Å². The van der Waals surface area contributed by atoms with Crippen LogP contribution in [0.3, 0.4) is 0 Å². The van der Waals surface area contributed by atoms with Gasteiger partial charge in [-0.25, -0.2) is 4.79 Å². The van der Waals surface area contributed by atoms with E-state index in [0.29, 0.717) is 19.1 Å². The van der Waals surface area contributed by atoms with E-state index >= 15 is 0 Å². The van der Waals surface area contributed by atoms with Crippen molar-refractivity contribution in [3.63, 3.8) is 0 Å². The summed E-state index contributed by atoms with van der Waals surface area (Å²) in [6.45, 7) is 2.27. The first-order valence-corrected chi connectivity index (χ1v) is 8.45. The zero-order valence-electron chi connectivity index (χ0n) is 13.6. The first-order chi connectivity index (χ1) is 10.1. The highest BCUT2D eigenvalue weighted by molar-refractivity contribution is 5.73. The third-order valence-electron chi connectivity index (χ3n) is 5.16. The van der Waals surface area contributed by atoms with E-state index in [2.05, 4.69) is 17.3 Å². The topological polar surface area (TPSA) is 55.8 Å². The van der Waals surface area contributed by atoms with Gasteiger partial charge in [-0.1, -0.05) is 19.3 Å². The second kappa shape index (κ2) is 7.99. The Morgan fingerprint density at radius 3 is 2.48 bits per heavy atom. The predicted molar refractivity (Wildman–Crippen MR) is 84.3 cm³/mol. The van der Waals surface area contributed by atoms with Crippen LogP contribution in [0, 0.1) is 5.92 Å². The molecule has 2 fully saturated rings. The summed E-state index contributed by atoms with van der Waals surface area (Å²) in [6, 6.07) is 0.683. The van der Waals surface area contributed by atoms with Gasteiger partial charge in [-0.05, 0) is 32.7 Å². The fourth-order valence-electron chi connectivity index (χ4n) is 3.67. The Bertz CT molecular complexity index is 331. The van der Waals surface area contributed by atoms with Crippen molar-refractivity contribution < 1.29 is 9.90 Å². The Labute approximate surface area is 128 Å². The molecule has 0 bridgehead atoms. The number of amides is 2. The molecule has 0 spiro atoms. The van der Waals surface area contributed by atoms with E-state index in [1.165, 1.54) is 25.7 Å². The van der Waals surface area contributed by atoms with Gasteiger partial charge in [-0.15, -0.1) is 0 Å². The second-order valence-corrected chi connectivity index (χ2v) is 6.79. The average Bonchev–Trinajstić information content (AvgIpc) is 3.11. The molecule has 2 saturated carbocycles. The minimum absolute atomic E-state index is 0.0195. The molecule has 0 aromatic carbocycles. The van der Waals surface area contributed by atoms with Crippen LogP contribution >= 0.6 is 0 Å².